The quantitative estimate of drug-likeness (QED) is 0.843. The molecular weight excluding hydrogens is 244 g/mol. The van der Waals surface area contributed by atoms with E-state index in [2.05, 4.69) is 25.9 Å². The summed E-state index contributed by atoms with van der Waals surface area (Å²) >= 11 is 3.36. The van der Waals surface area contributed by atoms with Crippen molar-refractivity contribution < 1.29 is 0 Å². The lowest BCUT2D eigenvalue weighted by Gasteiger charge is -2.02. The zero-order valence-corrected chi connectivity index (χ0v) is 9.19. The summed E-state index contributed by atoms with van der Waals surface area (Å²) in [5.41, 5.74) is 7.61. The molecule has 4 nitrogen and oxygen atoms in total. The van der Waals surface area contributed by atoms with E-state index < -0.39 is 0 Å². The van der Waals surface area contributed by atoms with Gasteiger partial charge in [-0.25, -0.2) is 4.98 Å². The maximum atomic E-state index is 5.68. The molecule has 0 saturated heterocycles. The lowest BCUT2D eigenvalue weighted by atomic mass is 10.2. The van der Waals surface area contributed by atoms with Crippen molar-refractivity contribution in [3.63, 3.8) is 0 Å². The van der Waals surface area contributed by atoms with Gasteiger partial charge in [0, 0.05) is 25.0 Å². The fourth-order valence-electron chi connectivity index (χ4n) is 1.30. The zero-order chi connectivity index (χ0) is 10.1. The number of aromatic nitrogens is 3. The fraction of sp³-hybridized carbons (Fsp3) is 0.111. The summed E-state index contributed by atoms with van der Waals surface area (Å²) in [6, 6.07) is 3.85. The van der Waals surface area contributed by atoms with Crippen molar-refractivity contribution in [1.29, 1.82) is 0 Å². The first-order chi connectivity index (χ1) is 6.70. The van der Waals surface area contributed by atoms with E-state index in [9.17, 15) is 0 Å². The summed E-state index contributed by atoms with van der Waals surface area (Å²) in [6.45, 7) is 0. The molecule has 0 atom stereocenters. The van der Waals surface area contributed by atoms with Crippen LogP contribution >= 0.6 is 15.9 Å². The summed E-state index contributed by atoms with van der Waals surface area (Å²) in [6.07, 6.45) is 3.51. The number of hydrogen-bond acceptors (Lipinski definition) is 3. The van der Waals surface area contributed by atoms with E-state index in [1.165, 1.54) is 0 Å². The Labute approximate surface area is 89.9 Å². The number of nitrogens with two attached hydrogens (primary N) is 1. The smallest absolute Gasteiger partial charge is 0.201 e. The Hall–Kier alpha value is -1.36. The van der Waals surface area contributed by atoms with Gasteiger partial charge in [-0.2, -0.15) is 0 Å². The minimum absolute atomic E-state index is 0.482. The van der Waals surface area contributed by atoms with E-state index in [1.807, 2.05) is 23.7 Å². The first-order valence-corrected chi connectivity index (χ1v) is 4.87. The number of halogens is 1. The molecule has 0 bridgehead atoms. The standard InChI is InChI=1S/C9H9BrN4/c1-14-7(8(10)13-9(14)11)6-3-2-4-12-5-6/h2-5H,1H3,(H2,11,13). The molecule has 5 heteroatoms. The number of imidazole rings is 1. The van der Waals surface area contributed by atoms with Gasteiger partial charge < -0.3 is 10.3 Å². The molecule has 0 aliphatic carbocycles. The summed E-state index contributed by atoms with van der Waals surface area (Å²) < 4.78 is 2.56. The van der Waals surface area contributed by atoms with Crippen molar-refractivity contribution in [3.05, 3.63) is 29.1 Å². The second-order valence-corrected chi connectivity index (χ2v) is 3.66. The number of anilines is 1. The molecule has 0 amide bonds. The Kier molecular flexibility index (Phi) is 2.25. The van der Waals surface area contributed by atoms with Crippen molar-refractivity contribution in [3.8, 4) is 11.3 Å². The van der Waals surface area contributed by atoms with Gasteiger partial charge in [-0.05, 0) is 28.1 Å². The lowest BCUT2D eigenvalue weighted by molar-refractivity contribution is 0.937. The minimum Gasteiger partial charge on any atom is -0.369 e. The van der Waals surface area contributed by atoms with Crippen molar-refractivity contribution >= 4 is 21.9 Å². The van der Waals surface area contributed by atoms with Crippen LogP contribution < -0.4 is 5.73 Å². The Balaban J connectivity index is 2.62. The van der Waals surface area contributed by atoms with Gasteiger partial charge in [0.15, 0.2) is 0 Å². The molecule has 0 saturated carbocycles. The summed E-state index contributed by atoms with van der Waals surface area (Å²) in [5.74, 6) is 0.482. The first-order valence-electron chi connectivity index (χ1n) is 4.08. The Morgan fingerprint density at radius 2 is 2.29 bits per heavy atom. The average molecular weight is 253 g/mol. The van der Waals surface area contributed by atoms with Crippen LogP contribution in [0.15, 0.2) is 29.1 Å². The predicted molar refractivity (Wildman–Crippen MR) is 58.6 cm³/mol. The molecule has 0 spiro atoms. The highest BCUT2D eigenvalue weighted by molar-refractivity contribution is 9.10. The Morgan fingerprint density at radius 3 is 2.79 bits per heavy atom. The number of hydrogen-bond donors (Lipinski definition) is 1. The first kappa shape index (κ1) is 9.21. The fourth-order valence-corrected chi connectivity index (χ4v) is 1.97. The highest BCUT2D eigenvalue weighted by Gasteiger charge is 2.11. The van der Waals surface area contributed by atoms with E-state index in [4.69, 9.17) is 5.73 Å². The molecule has 0 aromatic carbocycles. The van der Waals surface area contributed by atoms with Crippen LogP contribution in [0.2, 0.25) is 0 Å². The van der Waals surface area contributed by atoms with Crippen LogP contribution in [0.5, 0.6) is 0 Å². The van der Waals surface area contributed by atoms with Crippen LogP contribution in [0.3, 0.4) is 0 Å². The molecule has 0 aliphatic rings. The second-order valence-electron chi connectivity index (χ2n) is 2.91. The van der Waals surface area contributed by atoms with Gasteiger partial charge >= 0.3 is 0 Å². The van der Waals surface area contributed by atoms with Gasteiger partial charge in [-0.3, -0.25) is 4.98 Å². The average Bonchev–Trinajstić information content (AvgIpc) is 2.43. The third kappa shape index (κ3) is 1.39. The van der Waals surface area contributed by atoms with Gasteiger partial charge in [-0.1, -0.05) is 0 Å². The molecular formula is C9H9BrN4. The van der Waals surface area contributed by atoms with Gasteiger partial charge in [0.1, 0.15) is 4.60 Å². The van der Waals surface area contributed by atoms with E-state index in [-0.39, 0.29) is 0 Å². The highest BCUT2D eigenvalue weighted by Crippen LogP contribution is 2.28. The van der Waals surface area contributed by atoms with Crippen molar-refractivity contribution in [2.24, 2.45) is 7.05 Å². The van der Waals surface area contributed by atoms with Crippen LogP contribution in [0.25, 0.3) is 11.3 Å². The molecule has 2 rings (SSSR count). The van der Waals surface area contributed by atoms with Gasteiger partial charge in [0.25, 0.3) is 0 Å². The molecule has 0 radical (unpaired) electrons. The van der Waals surface area contributed by atoms with Crippen LogP contribution in [-0.4, -0.2) is 14.5 Å². The number of nitrogens with zero attached hydrogens (tertiary/aromatic N) is 3. The number of nitrogen functional groups attached to an aromatic ring is 1. The van der Waals surface area contributed by atoms with Crippen LogP contribution in [0, 0.1) is 0 Å². The van der Waals surface area contributed by atoms with Gasteiger partial charge in [-0.15, -0.1) is 0 Å². The summed E-state index contributed by atoms with van der Waals surface area (Å²) in [4.78, 5) is 8.17. The normalized spacial score (nSPS) is 10.4. The van der Waals surface area contributed by atoms with E-state index in [1.54, 1.807) is 12.4 Å². The van der Waals surface area contributed by atoms with Crippen molar-refractivity contribution in [1.82, 2.24) is 14.5 Å². The minimum atomic E-state index is 0.482. The Morgan fingerprint density at radius 1 is 1.50 bits per heavy atom. The zero-order valence-electron chi connectivity index (χ0n) is 7.61. The lowest BCUT2D eigenvalue weighted by Crippen LogP contribution is -1.98. The molecule has 2 aromatic heterocycles. The molecule has 2 N–H and O–H groups in total. The SMILES string of the molecule is Cn1c(N)nc(Br)c1-c1cccnc1. The molecule has 2 aromatic rings. The maximum absolute atomic E-state index is 5.68. The topological polar surface area (TPSA) is 56.7 Å². The second kappa shape index (κ2) is 3.42. The summed E-state index contributed by atoms with van der Waals surface area (Å²) in [5, 5.41) is 0. The van der Waals surface area contributed by atoms with Crippen molar-refractivity contribution in [2.75, 3.05) is 5.73 Å². The number of pyridine rings is 1. The molecule has 0 unspecified atom stereocenters. The number of rotatable bonds is 1. The predicted octanol–water partition coefficient (Wildman–Crippen LogP) is 1.83. The van der Waals surface area contributed by atoms with Crippen LogP contribution in [-0.2, 0) is 7.05 Å². The monoisotopic (exact) mass is 252 g/mol. The molecule has 2 heterocycles. The molecule has 0 aliphatic heterocycles. The molecule has 0 fully saturated rings. The molecule has 14 heavy (non-hydrogen) atoms. The maximum Gasteiger partial charge on any atom is 0.201 e. The van der Waals surface area contributed by atoms with Gasteiger partial charge in [0.2, 0.25) is 5.95 Å². The molecule has 72 valence electrons. The van der Waals surface area contributed by atoms with E-state index in [0.29, 0.717) is 5.95 Å². The third-order valence-corrected chi connectivity index (χ3v) is 2.58. The van der Waals surface area contributed by atoms with E-state index >= 15 is 0 Å². The van der Waals surface area contributed by atoms with Gasteiger partial charge in [0.05, 0.1) is 5.69 Å². The highest BCUT2D eigenvalue weighted by atomic mass is 79.9. The summed E-state index contributed by atoms with van der Waals surface area (Å²) in [7, 11) is 1.87. The Bertz CT molecular complexity index is 449. The van der Waals surface area contributed by atoms with Crippen LogP contribution in [0.4, 0.5) is 5.95 Å². The van der Waals surface area contributed by atoms with Crippen molar-refractivity contribution in [2.45, 2.75) is 0 Å². The van der Waals surface area contributed by atoms with Crippen LogP contribution in [0.1, 0.15) is 0 Å². The third-order valence-electron chi connectivity index (χ3n) is 2.02. The largest absolute Gasteiger partial charge is 0.369 e. The van der Waals surface area contributed by atoms with E-state index in [0.717, 1.165) is 15.9 Å².